The quantitative estimate of drug-likeness (QED) is 0.863. The molecule has 0 fully saturated rings. The molecule has 1 N–H and O–H groups in total. The maximum Gasteiger partial charge on any atom is 0.236 e. The van der Waals surface area contributed by atoms with Crippen LogP contribution in [0.25, 0.3) is 0 Å². The summed E-state index contributed by atoms with van der Waals surface area (Å²) in [7, 11) is 3.56. The van der Waals surface area contributed by atoms with Crippen molar-refractivity contribution in [3.05, 3.63) is 54.0 Å². The first-order valence-electron chi connectivity index (χ1n) is 6.41. The van der Waals surface area contributed by atoms with Gasteiger partial charge in [0.1, 0.15) is 5.69 Å². The first kappa shape index (κ1) is 13.5. The van der Waals surface area contributed by atoms with Crippen molar-refractivity contribution in [1.29, 1.82) is 0 Å². The lowest BCUT2D eigenvalue weighted by Gasteiger charge is -2.17. The Morgan fingerprint density at radius 3 is 2.58 bits per heavy atom. The minimum Gasteiger partial charge on any atom is -0.480 e. The van der Waals surface area contributed by atoms with Crippen LogP contribution < -0.4 is 10.1 Å². The highest BCUT2D eigenvalue weighted by atomic mass is 16.5. The highest BCUT2D eigenvalue weighted by Gasteiger charge is 2.16. The van der Waals surface area contributed by atoms with Gasteiger partial charge in [0.05, 0.1) is 13.2 Å². The van der Waals surface area contributed by atoms with E-state index < -0.39 is 0 Å². The van der Waals surface area contributed by atoms with Crippen molar-refractivity contribution >= 4 is 0 Å². The lowest BCUT2D eigenvalue weighted by Crippen LogP contribution is -2.19. The van der Waals surface area contributed by atoms with Gasteiger partial charge in [-0.1, -0.05) is 30.3 Å². The van der Waals surface area contributed by atoms with Crippen LogP contribution in [0, 0.1) is 0 Å². The van der Waals surface area contributed by atoms with Crippen LogP contribution in [-0.4, -0.2) is 24.1 Å². The normalized spacial score (nSPS) is 12.1. The van der Waals surface area contributed by atoms with E-state index in [9.17, 15) is 0 Å². The maximum absolute atomic E-state index is 5.27. The van der Waals surface area contributed by atoms with Gasteiger partial charge in [-0.05, 0) is 25.5 Å². The fourth-order valence-corrected chi connectivity index (χ4v) is 2.11. The van der Waals surface area contributed by atoms with E-state index in [4.69, 9.17) is 4.74 Å². The van der Waals surface area contributed by atoms with Crippen molar-refractivity contribution in [2.45, 2.75) is 18.9 Å². The molecule has 0 spiro atoms. The molecule has 1 aromatic carbocycles. The largest absolute Gasteiger partial charge is 0.480 e. The minimum absolute atomic E-state index is 0.142. The number of benzene rings is 1. The van der Waals surface area contributed by atoms with E-state index >= 15 is 0 Å². The average Bonchev–Trinajstić information content (AvgIpc) is 2.49. The summed E-state index contributed by atoms with van der Waals surface area (Å²) in [5, 5.41) is 3.28. The lowest BCUT2D eigenvalue weighted by atomic mass is 10.0. The van der Waals surface area contributed by atoms with Gasteiger partial charge in [0.25, 0.3) is 0 Å². The van der Waals surface area contributed by atoms with Crippen LogP contribution in [-0.2, 0) is 6.42 Å². The fourth-order valence-electron chi connectivity index (χ4n) is 2.11. The summed E-state index contributed by atoms with van der Waals surface area (Å²) < 4.78 is 5.27. The zero-order chi connectivity index (χ0) is 13.5. The summed E-state index contributed by atoms with van der Waals surface area (Å²) in [5.41, 5.74) is 2.19. The molecule has 2 rings (SSSR count). The van der Waals surface area contributed by atoms with Crippen LogP contribution in [0.1, 0.15) is 23.7 Å². The number of methoxy groups -OCH3 is 1. The lowest BCUT2D eigenvalue weighted by molar-refractivity contribution is 0.377. The first-order valence-corrected chi connectivity index (χ1v) is 6.41. The maximum atomic E-state index is 5.27. The Morgan fingerprint density at radius 2 is 1.89 bits per heavy atom. The Balaban J connectivity index is 2.08. The van der Waals surface area contributed by atoms with Crippen molar-refractivity contribution in [2.24, 2.45) is 0 Å². The molecule has 0 aliphatic rings. The van der Waals surface area contributed by atoms with Crippen LogP contribution in [0.3, 0.4) is 0 Å². The Kier molecular flexibility index (Phi) is 4.86. The molecule has 1 heterocycles. The van der Waals surface area contributed by atoms with Gasteiger partial charge in [0, 0.05) is 12.4 Å². The number of rotatable bonds is 6. The molecule has 0 saturated carbocycles. The van der Waals surface area contributed by atoms with Gasteiger partial charge < -0.3 is 10.1 Å². The predicted molar refractivity (Wildman–Crippen MR) is 75.1 cm³/mol. The van der Waals surface area contributed by atoms with E-state index in [2.05, 4.69) is 39.6 Å². The number of hydrogen-bond acceptors (Lipinski definition) is 4. The standard InChI is InChI=1S/C15H19N3O/c1-16-13(9-8-12-6-4-3-5-7-12)14-15(19-2)18-11-10-17-14/h3-7,10-11,13,16H,8-9H2,1-2H3. The highest BCUT2D eigenvalue weighted by molar-refractivity contribution is 5.22. The van der Waals surface area contributed by atoms with Crippen LogP contribution in [0.2, 0.25) is 0 Å². The van der Waals surface area contributed by atoms with E-state index in [0.29, 0.717) is 5.88 Å². The van der Waals surface area contributed by atoms with Crippen molar-refractivity contribution in [3.8, 4) is 5.88 Å². The number of nitrogens with zero attached hydrogens (tertiary/aromatic N) is 2. The molecule has 0 amide bonds. The number of hydrogen-bond donors (Lipinski definition) is 1. The molecular weight excluding hydrogens is 238 g/mol. The second kappa shape index (κ2) is 6.85. The molecular formula is C15H19N3O. The van der Waals surface area contributed by atoms with Gasteiger partial charge in [-0.3, -0.25) is 4.98 Å². The molecule has 1 atom stereocenters. The summed E-state index contributed by atoms with van der Waals surface area (Å²) in [6.45, 7) is 0. The van der Waals surface area contributed by atoms with Crippen LogP contribution in [0.5, 0.6) is 5.88 Å². The van der Waals surface area contributed by atoms with Gasteiger partial charge in [0.2, 0.25) is 5.88 Å². The topological polar surface area (TPSA) is 47.0 Å². The second-order valence-corrected chi connectivity index (χ2v) is 4.32. The zero-order valence-corrected chi connectivity index (χ0v) is 11.3. The zero-order valence-electron chi connectivity index (χ0n) is 11.3. The molecule has 2 aromatic rings. The Labute approximate surface area is 113 Å². The van der Waals surface area contributed by atoms with Gasteiger partial charge in [0.15, 0.2) is 0 Å². The van der Waals surface area contributed by atoms with Crippen molar-refractivity contribution in [3.63, 3.8) is 0 Å². The minimum atomic E-state index is 0.142. The number of aryl methyl sites for hydroxylation is 1. The highest BCUT2D eigenvalue weighted by Crippen LogP contribution is 2.23. The van der Waals surface area contributed by atoms with Gasteiger partial charge >= 0.3 is 0 Å². The monoisotopic (exact) mass is 257 g/mol. The predicted octanol–water partition coefficient (Wildman–Crippen LogP) is 2.38. The van der Waals surface area contributed by atoms with E-state index in [1.807, 2.05) is 13.1 Å². The number of nitrogens with one attached hydrogen (secondary N) is 1. The molecule has 4 nitrogen and oxygen atoms in total. The van der Waals surface area contributed by atoms with Crippen LogP contribution >= 0.6 is 0 Å². The van der Waals surface area contributed by atoms with E-state index in [1.165, 1.54) is 5.56 Å². The molecule has 1 unspecified atom stereocenters. The molecule has 0 aliphatic heterocycles. The third-order valence-electron chi connectivity index (χ3n) is 3.13. The third-order valence-corrected chi connectivity index (χ3v) is 3.13. The summed E-state index contributed by atoms with van der Waals surface area (Å²) in [6, 6.07) is 10.6. The van der Waals surface area contributed by atoms with Crippen LogP contribution in [0.15, 0.2) is 42.7 Å². The molecule has 0 radical (unpaired) electrons. The first-order chi connectivity index (χ1) is 9.35. The molecule has 100 valence electrons. The SMILES string of the molecule is CNC(CCc1ccccc1)c1nccnc1OC. The summed E-state index contributed by atoms with van der Waals surface area (Å²) in [6.07, 6.45) is 5.29. The number of ether oxygens (including phenoxy) is 1. The fraction of sp³-hybridized carbons (Fsp3) is 0.333. The summed E-state index contributed by atoms with van der Waals surface area (Å²) >= 11 is 0. The Morgan fingerprint density at radius 1 is 1.16 bits per heavy atom. The Bertz CT molecular complexity index is 502. The molecule has 0 saturated heterocycles. The van der Waals surface area contributed by atoms with Crippen molar-refractivity contribution < 1.29 is 4.74 Å². The molecule has 0 bridgehead atoms. The third kappa shape index (κ3) is 3.51. The second-order valence-electron chi connectivity index (χ2n) is 4.32. The molecule has 4 heteroatoms. The summed E-state index contributed by atoms with van der Waals surface area (Å²) in [5.74, 6) is 0.593. The van der Waals surface area contributed by atoms with Crippen LogP contribution in [0.4, 0.5) is 0 Å². The van der Waals surface area contributed by atoms with Gasteiger partial charge in [-0.2, -0.15) is 0 Å². The average molecular weight is 257 g/mol. The van der Waals surface area contributed by atoms with E-state index in [-0.39, 0.29) is 6.04 Å². The van der Waals surface area contributed by atoms with Crippen molar-refractivity contribution in [2.75, 3.05) is 14.2 Å². The Hall–Kier alpha value is -1.94. The smallest absolute Gasteiger partial charge is 0.236 e. The van der Waals surface area contributed by atoms with Gasteiger partial charge in [-0.25, -0.2) is 4.98 Å². The molecule has 0 aliphatic carbocycles. The molecule has 19 heavy (non-hydrogen) atoms. The van der Waals surface area contributed by atoms with E-state index in [1.54, 1.807) is 19.5 Å². The molecule has 1 aromatic heterocycles. The van der Waals surface area contributed by atoms with Crippen molar-refractivity contribution in [1.82, 2.24) is 15.3 Å². The summed E-state index contributed by atoms with van der Waals surface area (Å²) in [4.78, 5) is 8.58. The van der Waals surface area contributed by atoms with Gasteiger partial charge in [-0.15, -0.1) is 0 Å². The van der Waals surface area contributed by atoms with E-state index in [0.717, 1.165) is 18.5 Å². The number of aromatic nitrogens is 2.